The molecule has 1 heterocycles. The summed E-state index contributed by atoms with van der Waals surface area (Å²) < 4.78 is 0. The van der Waals surface area contributed by atoms with E-state index in [1.54, 1.807) is 6.20 Å². The van der Waals surface area contributed by atoms with E-state index in [0.29, 0.717) is 19.4 Å². The van der Waals surface area contributed by atoms with E-state index in [1.807, 2.05) is 25.1 Å². The van der Waals surface area contributed by atoms with Gasteiger partial charge in [-0.3, -0.25) is 9.78 Å². The second kappa shape index (κ2) is 7.79. The van der Waals surface area contributed by atoms with Gasteiger partial charge in [-0.1, -0.05) is 19.4 Å². The van der Waals surface area contributed by atoms with E-state index in [2.05, 4.69) is 10.3 Å². The molecular formula is C13H20N2O2. The van der Waals surface area contributed by atoms with Gasteiger partial charge in [-0.25, -0.2) is 0 Å². The summed E-state index contributed by atoms with van der Waals surface area (Å²) in [6, 6.07) is 5.66. The zero-order valence-electron chi connectivity index (χ0n) is 10.2. The van der Waals surface area contributed by atoms with Crippen molar-refractivity contribution in [1.82, 2.24) is 10.3 Å². The molecule has 0 aliphatic heterocycles. The molecule has 2 N–H and O–H groups in total. The van der Waals surface area contributed by atoms with E-state index in [0.717, 1.165) is 18.5 Å². The lowest BCUT2D eigenvalue weighted by Crippen LogP contribution is -2.32. The van der Waals surface area contributed by atoms with E-state index < -0.39 is 6.10 Å². The highest BCUT2D eigenvalue weighted by Gasteiger charge is 2.06. The first-order valence-electron chi connectivity index (χ1n) is 6.07. The van der Waals surface area contributed by atoms with Crippen molar-refractivity contribution >= 4 is 5.91 Å². The average molecular weight is 236 g/mol. The molecule has 1 aromatic heterocycles. The van der Waals surface area contributed by atoms with Crippen molar-refractivity contribution in [1.29, 1.82) is 0 Å². The number of pyridine rings is 1. The Hall–Kier alpha value is -1.42. The zero-order valence-corrected chi connectivity index (χ0v) is 10.2. The van der Waals surface area contributed by atoms with Crippen LogP contribution in [0.25, 0.3) is 0 Å². The van der Waals surface area contributed by atoms with Gasteiger partial charge in [-0.15, -0.1) is 0 Å². The molecule has 4 nitrogen and oxygen atoms in total. The third-order valence-corrected chi connectivity index (χ3v) is 2.49. The molecule has 1 rings (SSSR count). The molecule has 0 fully saturated rings. The summed E-state index contributed by atoms with van der Waals surface area (Å²) in [4.78, 5) is 15.6. The normalized spacial score (nSPS) is 12.1. The lowest BCUT2D eigenvalue weighted by Gasteiger charge is -2.10. The van der Waals surface area contributed by atoms with Crippen LogP contribution in [0, 0.1) is 0 Å². The monoisotopic (exact) mass is 236 g/mol. The largest absolute Gasteiger partial charge is 0.391 e. The second-order valence-corrected chi connectivity index (χ2v) is 4.07. The van der Waals surface area contributed by atoms with Crippen molar-refractivity contribution in [2.45, 2.75) is 38.7 Å². The van der Waals surface area contributed by atoms with Crippen LogP contribution in [0.3, 0.4) is 0 Å². The van der Waals surface area contributed by atoms with E-state index in [4.69, 9.17) is 0 Å². The molecule has 1 atom stereocenters. The Morgan fingerprint density at radius 3 is 3.00 bits per heavy atom. The van der Waals surface area contributed by atoms with Gasteiger partial charge in [0.25, 0.3) is 0 Å². The van der Waals surface area contributed by atoms with Gasteiger partial charge in [0, 0.05) is 24.9 Å². The number of aromatic nitrogens is 1. The average Bonchev–Trinajstić information content (AvgIpc) is 2.35. The number of aliphatic hydroxyl groups excluding tert-OH is 1. The Balaban J connectivity index is 2.17. The van der Waals surface area contributed by atoms with Gasteiger partial charge in [-0.2, -0.15) is 0 Å². The summed E-state index contributed by atoms with van der Waals surface area (Å²) in [6.45, 7) is 2.35. The van der Waals surface area contributed by atoms with Crippen LogP contribution in [-0.4, -0.2) is 28.6 Å². The summed E-state index contributed by atoms with van der Waals surface area (Å²) in [5, 5.41) is 12.2. The summed E-state index contributed by atoms with van der Waals surface area (Å²) in [5.41, 5.74) is 0.914. The molecule has 17 heavy (non-hydrogen) atoms. The number of rotatable bonds is 7. The first-order valence-corrected chi connectivity index (χ1v) is 6.07. The molecular weight excluding hydrogens is 216 g/mol. The predicted octanol–water partition coefficient (Wildman–Crippen LogP) is 1.29. The molecule has 0 aliphatic carbocycles. The highest BCUT2D eigenvalue weighted by molar-refractivity contribution is 5.76. The first-order chi connectivity index (χ1) is 8.22. The Morgan fingerprint density at radius 1 is 1.53 bits per heavy atom. The number of hydrogen-bond acceptors (Lipinski definition) is 3. The van der Waals surface area contributed by atoms with E-state index in [1.165, 1.54) is 0 Å². The molecule has 0 spiro atoms. The summed E-state index contributed by atoms with van der Waals surface area (Å²) in [5.74, 6) is -0.0363. The number of amides is 1. The van der Waals surface area contributed by atoms with Crippen molar-refractivity contribution in [2.75, 3.05) is 6.54 Å². The van der Waals surface area contributed by atoms with Gasteiger partial charge in [0.1, 0.15) is 0 Å². The van der Waals surface area contributed by atoms with Crippen LogP contribution in [0.4, 0.5) is 0 Å². The number of nitrogens with zero attached hydrogens (tertiary/aromatic N) is 1. The van der Waals surface area contributed by atoms with Crippen molar-refractivity contribution in [2.24, 2.45) is 0 Å². The van der Waals surface area contributed by atoms with E-state index in [-0.39, 0.29) is 5.91 Å². The van der Waals surface area contributed by atoms with E-state index in [9.17, 15) is 9.90 Å². The van der Waals surface area contributed by atoms with Crippen LogP contribution < -0.4 is 5.32 Å². The quantitative estimate of drug-likeness (QED) is 0.750. The minimum Gasteiger partial charge on any atom is -0.391 e. The number of nitrogens with one attached hydrogen (secondary N) is 1. The molecule has 1 unspecified atom stereocenters. The Morgan fingerprint density at radius 2 is 2.35 bits per heavy atom. The van der Waals surface area contributed by atoms with Gasteiger partial charge < -0.3 is 10.4 Å². The van der Waals surface area contributed by atoms with Gasteiger partial charge in [0.05, 0.1) is 6.10 Å². The third kappa shape index (κ3) is 6.02. The number of aryl methyl sites for hydroxylation is 1. The van der Waals surface area contributed by atoms with Crippen molar-refractivity contribution < 1.29 is 9.90 Å². The molecule has 0 aromatic carbocycles. The van der Waals surface area contributed by atoms with Gasteiger partial charge >= 0.3 is 0 Å². The van der Waals surface area contributed by atoms with Crippen molar-refractivity contribution in [3.8, 4) is 0 Å². The molecule has 4 heteroatoms. The van der Waals surface area contributed by atoms with Crippen LogP contribution in [0.5, 0.6) is 0 Å². The Bertz CT molecular complexity index is 327. The van der Waals surface area contributed by atoms with Gasteiger partial charge in [-0.05, 0) is 25.0 Å². The van der Waals surface area contributed by atoms with Gasteiger partial charge in [0.2, 0.25) is 5.91 Å². The highest BCUT2D eigenvalue weighted by atomic mass is 16.3. The van der Waals surface area contributed by atoms with Crippen LogP contribution in [0.15, 0.2) is 24.4 Å². The lowest BCUT2D eigenvalue weighted by molar-refractivity contribution is -0.121. The fourth-order valence-corrected chi connectivity index (χ4v) is 1.54. The summed E-state index contributed by atoms with van der Waals surface area (Å²) >= 11 is 0. The fourth-order valence-electron chi connectivity index (χ4n) is 1.54. The van der Waals surface area contributed by atoms with Crippen LogP contribution >= 0.6 is 0 Å². The predicted molar refractivity (Wildman–Crippen MR) is 66.5 cm³/mol. The minimum absolute atomic E-state index is 0.0363. The number of carbonyl (C=O) groups is 1. The molecule has 0 saturated heterocycles. The van der Waals surface area contributed by atoms with Gasteiger partial charge in [0.15, 0.2) is 0 Å². The highest BCUT2D eigenvalue weighted by Crippen LogP contribution is 1.99. The molecule has 0 bridgehead atoms. The number of carbonyl (C=O) groups excluding carboxylic acids is 1. The molecule has 0 radical (unpaired) electrons. The maximum atomic E-state index is 11.5. The maximum absolute atomic E-state index is 11.5. The molecule has 0 saturated carbocycles. The van der Waals surface area contributed by atoms with Crippen LogP contribution in [0.2, 0.25) is 0 Å². The topological polar surface area (TPSA) is 62.2 Å². The third-order valence-electron chi connectivity index (χ3n) is 2.49. The molecule has 1 amide bonds. The van der Waals surface area contributed by atoms with Crippen molar-refractivity contribution in [3.05, 3.63) is 30.1 Å². The molecule has 94 valence electrons. The Kier molecular flexibility index (Phi) is 6.25. The summed E-state index contributed by atoms with van der Waals surface area (Å²) in [6.07, 6.45) is 3.98. The van der Waals surface area contributed by atoms with E-state index >= 15 is 0 Å². The lowest BCUT2D eigenvalue weighted by atomic mass is 10.2. The fraction of sp³-hybridized carbons (Fsp3) is 0.538. The SMILES string of the molecule is CCCC(O)CNC(=O)CCc1ccccn1. The smallest absolute Gasteiger partial charge is 0.220 e. The van der Waals surface area contributed by atoms with Crippen LogP contribution in [0.1, 0.15) is 31.9 Å². The molecule has 1 aromatic rings. The van der Waals surface area contributed by atoms with Crippen LogP contribution in [-0.2, 0) is 11.2 Å². The second-order valence-electron chi connectivity index (χ2n) is 4.07. The number of aliphatic hydroxyl groups is 1. The standard InChI is InChI=1S/C13H20N2O2/c1-2-5-12(16)10-15-13(17)8-7-11-6-3-4-9-14-11/h3-4,6,9,12,16H,2,5,7-8,10H2,1H3,(H,15,17). The number of hydrogen-bond donors (Lipinski definition) is 2. The summed E-state index contributed by atoms with van der Waals surface area (Å²) in [7, 11) is 0. The van der Waals surface area contributed by atoms with Crippen molar-refractivity contribution in [3.63, 3.8) is 0 Å². The molecule has 0 aliphatic rings. The minimum atomic E-state index is -0.432. The maximum Gasteiger partial charge on any atom is 0.220 e. The first kappa shape index (κ1) is 13.6. The Labute approximate surface area is 102 Å². The zero-order chi connectivity index (χ0) is 12.5.